The van der Waals surface area contributed by atoms with Crippen molar-refractivity contribution < 1.29 is 59.2 Å². The monoisotopic (exact) mass is 486 g/mol. The number of carbonyl (C=O) groups excluding carboxylic acids is 1. The largest absolute Gasteiger partial charge is 0.506 e. The third kappa shape index (κ3) is 4.92. The Labute approximate surface area is 192 Å². The molecular formula is C21H26O13. The first-order chi connectivity index (χ1) is 16.0. The highest BCUT2D eigenvalue weighted by molar-refractivity contribution is 5.92. The second kappa shape index (κ2) is 10.3. The van der Waals surface area contributed by atoms with Crippen LogP contribution in [0.3, 0.4) is 0 Å². The first kappa shape index (κ1) is 26.0. The number of methoxy groups -OCH3 is 1. The normalized spacial score (nSPS) is 22.9. The molecular weight excluding hydrogens is 460 g/mol. The minimum atomic E-state index is -2.23. The van der Waals surface area contributed by atoms with E-state index in [-0.39, 0.29) is 34.3 Å². The van der Waals surface area contributed by atoms with E-state index in [0.29, 0.717) is 0 Å². The molecule has 0 amide bonds. The van der Waals surface area contributed by atoms with Crippen LogP contribution in [-0.4, -0.2) is 92.2 Å². The van der Waals surface area contributed by atoms with Crippen LogP contribution in [0.15, 0.2) is 21.3 Å². The molecule has 7 N–H and O–H groups in total. The van der Waals surface area contributed by atoms with Gasteiger partial charge < -0.3 is 54.4 Å². The van der Waals surface area contributed by atoms with Crippen molar-refractivity contribution in [3.63, 3.8) is 0 Å². The summed E-state index contributed by atoms with van der Waals surface area (Å²) in [6.07, 6.45) is -13.5. The maximum Gasteiger partial charge on any atom is 0.347 e. The molecule has 34 heavy (non-hydrogen) atoms. The molecule has 2 heterocycles. The third-order valence-corrected chi connectivity index (χ3v) is 5.53. The Hall–Kier alpha value is -2.62. The van der Waals surface area contributed by atoms with Crippen molar-refractivity contribution in [3.8, 4) is 11.5 Å². The Bertz CT molecular complexity index is 1100. The molecule has 1 aromatic carbocycles. The number of esters is 1. The van der Waals surface area contributed by atoms with Crippen molar-refractivity contribution in [2.45, 2.75) is 56.3 Å². The van der Waals surface area contributed by atoms with E-state index in [1.165, 1.54) is 26.2 Å². The molecule has 13 nitrogen and oxygen atoms in total. The molecule has 188 valence electrons. The minimum absolute atomic E-state index is 0.199. The molecule has 2 aromatic rings. The third-order valence-electron chi connectivity index (χ3n) is 5.53. The van der Waals surface area contributed by atoms with E-state index < -0.39 is 66.9 Å². The zero-order valence-electron chi connectivity index (χ0n) is 18.2. The number of hydrogen-bond donors (Lipinski definition) is 7. The number of aliphatic hydroxyl groups is 6. The molecule has 1 aromatic heterocycles. The zero-order chi connectivity index (χ0) is 25.3. The van der Waals surface area contributed by atoms with Gasteiger partial charge in [0.25, 0.3) is 0 Å². The molecule has 0 fully saturated rings. The van der Waals surface area contributed by atoms with Crippen molar-refractivity contribution in [2.75, 3.05) is 13.7 Å². The molecule has 0 radical (unpaired) electrons. The number of aromatic hydroxyl groups is 1. The molecule has 0 saturated heterocycles. The van der Waals surface area contributed by atoms with Crippen molar-refractivity contribution in [1.29, 1.82) is 0 Å². The number of benzene rings is 1. The fourth-order valence-electron chi connectivity index (χ4n) is 3.70. The molecule has 1 aliphatic rings. The van der Waals surface area contributed by atoms with E-state index in [1.54, 1.807) is 0 Å². The Kier molecular flexibility index (Phi) is 7.90. The van der Waals surface area contributed by atoms with Gasteiger partial charge >= 0.3 is 11.6 Å². The first-order valence-electron chi connectivity index (χ1n) is 10.2. The molecule has 0 unspecified atom stereocenters. The average Bonchev–Trinajstić information content (AvgIpc) is 2.91. The summed E-state index contributed by atoms with van der Waals surface area (Å²) in [5.74, 6) is -1.49. The van der Waals surface area contributed by atoms with Gasteiger partial charge in [0.05, 0.1) is 18.3 Å². The van der Waals surface area contributed by atoms with E-state index in [0.717, 1.165) is 0 Å². The number of phenolic OH excluding ortho intramolecular Hbond substituents is 1. The van der Waals surface area contributed by atoms with Gasteiger partial charge in [0.2, 0.25) is 0 Å². The molecule has 7 atom stereocenters. The summed E-state index contributed by atoms with van der Waals surface area (Å²) in [5.41, 5.74) is -1.11. The smallest absolute Gasteiger partial charge is 0.347 e. The summed E-state index contributed by atoms with van der Waals surface area (Å²) < 4.78 is 20.8. The standard InChI is InChI=1S/C21H26O13/c1-7-3-8-4-10-14(16(25)13(8)20(29)32-7)11(5-12(31-2)19(28)33-10)34-21(30)18(27)17(26)15(24)9(23)6-22/h3-4,9,11-12,15,17-18,21-27,30H,5-6H2,1-2H3/t9-,11-,12-,15-,17-,18-,21+/m0/s1. The number of rotatable bonds is 8. The second-order valence-corrected chi connectivity index (χ2v) is 7.86. The second-order valence-electron chi connectivity index (χ2n) is 7.86. The van der Waals surface area contributed by atoms with Crippen LogP contribution in [0.1, 0.15) is 23.8 Å². The molecule has 0 bridgehead atoms. The lowest BCUT2D eigenvalue weighted by molar-refractivity contribution is -0.231. The number of ether oxygens (including phenoxy) is 3. The first-order valence-corrected chi connectivity index (χ1v) is 10.2. The zero-order valence-corrected chi connectivity index (χ0v) is 18.2. The van der Waals surface area contributed by atoms with E-state index >= 15 is 0 Å². The van der Waals surface area contributed by atoms with E-state index in [9.17, 15) is 40.2 Å². The summed E-state index contributed by atoms with van der Waals surface area (Å²) in [6.45, 7) is 0.573. The fourth-order valence-corrected chi connectivity index (χ4v) is 3.70. The number of phenols is 1. The van der Waals surface area contributed by atoms with Crippen LogP contribution in [0.5, 0.6) is 11.5 Å². The lowest BCUT2D eigenvalue weighted by Crippen LogP contribution is -2.50. The summed E-state index contributed by atoms with van der Waals surface area (Å²) in [4.78, 5) is 24.8. The molecule has 3 rings (SSSR count). The van der Waals surface area contributed by atoms with Crippen LogP contribution < -0.4 is 10.4 Å². The quantitative estimate of drug-likeness (QED) is 0.121. The summed E-state index contributed by atoms with van der Waals surface area (Å²) in [7, 11) is 1.20. The Morgan fingerprint density at radius 2 is 1.74 bits per heavy atom. The molecule has 0 saturated carbocycles. The van der Waals surface area contributed by atoms with E-state index in [1.807, 2.05) is 0 Å². The van der Waals surface area contributed by atoms with Crippen molar-refractivity contribution >= 4 is 16.7 Å². The predicted molar refractivity (Wildman–Crippen MR) is 111 cm³/mol. The van der Waals surface area contributed by atoms with Gasteiger partial charge in [0.1, 0.15) is 47.1 Å². The van der Waals surface area contributed by atoms with Crippen LogP contribution in [0.25, 0.3) is 10.8 Å². The van der Waals surface area contributed by atoms with Gasteiger partial charge in [-0.25, -0.2) is 9.59 Å². The van der Waals surface area contributed by atoms with Gasteiger partial charge in [-0.2, -0.15) is 0 Å². The van der Waals surface area contributed by atoms with Crippen molar-refractivity contribution in [1.82, 2.24) is 0 Å². The lowest BCUT2D eigenvalue weighted by atomic mass is 9.98. The van der Waals surface area contributed by atoms with Gasteiger partial charge in [-0.05, 0) is 24.4 Å². The maximum atomic E-state index is 12.5. The van der Waals surface area contributed by atoms with E-state index in [2.05, 4.69) is 0 Å². The number of aliphatic hydroxyl groups excluding tert-OH is 6. The Morgan fingerprint density at radius 3 is 2.35 bits per heavy atom. The molecule has 1 aliphatic heterocycles. The molecule has 0 spiro atoms. The van der Waals surface area contributed by atoms with Crippen LogP contribution in [0, 0.1) is 6.92 Å². The van der Waals surface area contributed by atoms with Crippen LogP contribution in [0.4, 0.5) is 0 Å². The Morgan fingerprint density at radius 1 is 1.06 bits per heavy atom. The summed E-state index contributed by atoms with van der Waals surface area (Å²) >= 11 is 0. The predicted octanol–water partition coefficient (Wildman–Crippen LogP) is -2.06. The average molecular weight is 486 g/mol. The fraction of sp³-hybridized carbons (Fsp3) is 0.524. The maximum absolute atomic E-state index is 12.5. The van der Waals surface area contributed by atoms with Crippen LogP contribution >= 0.6 is 0 Å². The highest BCUT2D eigenvalue weighted by atomic mass is 16.6. The van der Waals surface area contributed by atoms with Crippen LogP contribution in [0.2, 0.25) is 0 Å². The number of aryl methyl sites for hydroxylation is 1. The number of fused-ring (bicyclic) bond motifs is 2. The van der Waals surface area contributed by atoms with Crippen molar-refractivity contribution in [3.05, 3.63) is 33.9 Å². The topological polar surface area (TPSA) is 217 Å². The van der Waals surface area contributed by atoms with Gasteiger partial charge in [0, 0.05) is 13.5 Å². The summed E-state index contributed by atoms with van der Waals surface area (Å²) in [6, 6.07) is 2.72. The van der Waals surface area contributed by atoms with Gasteiger partial charge in [-0.3, -0.25) is 0 Å². The van der Waals surface area contributed by atoms with Crippen LogP contribution in [-0.2, 0) is 14.3 Å². The SMILES string of the molecule is CO[C@H]1C[C@H](O[C@@H](O)[C@@H](O)[C@@H](O)[C@@H](O)[C@@H](O)CO)c2c(cc3cc(C)oc(=O)c3c2O)OC1=O. The van der Waals surface area contributed by atoms with E-state index in [4.69, 9.17) is 23.7 Å². The van der Waals surface area contributed by atoms with Gasteiger partial charge in [0.15, 0.2) is 12.4 Å². The Balaban J connectivity index is 2.04. The lowest BCUT2D eigenvalue weighted by Gasteiger charge is -2.30. The van der Waals surface area contributed by atoms with Crippen molar-refractivity contribution in [2.24, 2.45) is 0 Å². The molecule has 0 aliphatic carbocycles. The number of carbonyl (C=O) groups is 1. The van der Waals surface area contributed by atoms with Gasteiger partial charge in [-0.15, -0.1) is 0 Å². The highest BCUT2D eigenvalue weighted by Crippen LogP contribution is 2.44. The summed E-state index contributed by atoms with van der Waals surface area (Å²) in [5, 5.41) is 69.6. The highest BCUT2D eigenvalue weighted by Gasteiger charge is 2.40. The minimum Gasteiger partial charge on any atom is -0.506 e. The number of hydrogen-bond acceptors (Lipinski definition) is 13. The molecule has 13 heteroatoms. The van der Waals surface area contributed by atoms with Gasteiger partial charge in [-0.1, -0.05) is 0 Å².